The van der Waals surface area contributed by atoms with Crippen molar-refractivity contribution in [3.05, 3.63) is 12.8 Å². The minimum Gasteiger partial charge on any atom is -0.435 e. The van der Waals surface area contributed by atoms with Crippen molar-refractivity contribution in [3.8, 4) is 0 Å². The summed E-state index contributed by atoms with van der Waals surface area (Å²) in [6.07, 6.45) is 33.0. The summed E-state index contributed by atoms with van der Waals surface area (Å²) in [7, 11) is 0. The molecule has 0 aromatic heterocycles. The number of carbonyl (C=O) groups is 1. The number of unbranched alkanes of at least 4 members (excludes halogenated alkanes) is 20. The Bertz CT molecular complexity index is 364. The Morgan fingerprint density at radius 2 is 0.844 bits per heavy atom. The smallest absolute Gasteiger partial charge is 0.313 e. The van der Waals surface area contributed by atoms with Crippen LogP contribution in [-0.2, 0) is 9.53 Å². The van der Waals surface area contributed by atoms with Gasteiger partial charge in [-0.2, -0.15) is 0 Å². The first-order valence-corrected chi connectivity index (χ1v) is 14.6. The number of carbonyl (C=O) groups excluding carboxylic acids is 1. The fourth-order valence-electron chi connectivity index (χ4n) is 4.67. The monoisotopic (exact) mass is 450 g/mol. The van der Waals surface area contributed by atoms with Crippen LogP contribution in [0.25, 0.3) is 0 Å². The molecule has 0 atom stereocenters. The number of rotatable bonds is 26. The quantitative estimate of drug-likeness (QED) is 0.0744. The zero-order valence-corrected chi connectivity index (χ0v) is 22.1. The molecular formula is C30H58O2. The van der Waals surface area contributed by atoms with Crippen LogP contribution >= 0.6 is 0 Å². The largest absolute Gasteiger partial charge is 0.435 e. The molecule has 0 N–H and O–H groups in total. The molecule has 0 fully saturated rings. The average Bonchev–Trinajstić information content (AvgIpc) is 2.79. The van der Waals surface area contributed by atoms with E-state index in [9.17, 15) is 4.79 Å². The molecule has 0 aliphatic carbocycles. The van der Waals surface area contributed by atoms with Crippen LogP contribution in [-0.4, -0.2) is 5.97 Å². The molecule has 32 heavy (non-hydrogen) atoms. The molecule has 2 heteroatoms. The number of hydrogen-bond donors (Lipinski definition) is 0. The third-order valence-electron chi connectivity index (χ3n) is 6.85. The molecule has 0 aliphatic rings. The van der Waals surface area contributed by atoms with E-state index in [-0.39, 0.29) is 11.9 Å². The molecule has 0 bridgehead atoms. The minimum absolute atomic E-state index is 0.0563. The van der Waals surface area contributed by atoms with E-state index in [2.05, 4.69) is 20.4 Å². The van der Waals surface area contributed by atoms with Gasteiger partial charge in [-0.3, -0.25) is 4.79 Å². The Balaban J connectivity index is 3.69. The molecule has 0 unspecified atom stereocenters. The standard InChI is InChI=1S/C30H58O2/c1-4-7-9-11-13-15-17-19-21-23-25-27-29(30(31)32-6-3)28-26-24-22-20-18-16-14-12-10-8-5-2/h6,29H,3-5,7-28H2,1-2H3. The van der Waals surface area contributed by atoms with Crippen molar-refractivity contribution in [2.45, 2.75) is 168 Å². The zero-order chi connectivity index (χ0) is 23.5. The van der Waals surface area contributed by atoms with Gasteiger partial charge in [-0.1, -0.05) is 162 Å². The molecule has 0 saturated heterocycles. The minimum atomic E-state index is -0.0563. The van der Waals surface area contributed by atoms with E-state index in [1.54, 1.807) is 0 Å². The third kappa shape index (κ3) is 22.4. The van der Waals surface area contributed by atoms with Gasteiger partial charge in [0.2, 0.25) is 0 Å². The molecular weight excluding hydrogens is 392 g/mol. The summed E-state index contributed by atoms with van der Waals surface area (Å²) in [6.45, 7) is 8.12. The van der Waals surface area contributed by atoms with Gasteiger partial charge in [0.05, 0.1) is 12.2 Å². The first kappa shape index (κ1) is 31.2. The highest BCUT2D eigenvalue weighted by molar-refractivity contribution is 5.72. The third-order valence-corrected chi connectivity index (χ3v) is 6.85. The summed E-state index contributed by atoms with van der Waals surface area (Å²) in [5.41, 5.74) is 0. The highest BCUT2D eigenvalue weighted by Gasteiger charge is 2.18. The molecule has 190 valence electrons. The van der Waals surface area contributed by atoms with Crippen molar-refractivity contribution in [1.82, 2.24) is 0 Å². The van der Waals surface area contributed by atoms with Gasteiger partial charge < -0.3 is 4.74 Å². The van der Waals surface area contributed by atoms with E-state index in [0.29, 0.717) is 0 Å². The lowest BCUT2D eigenvalue weighted by Crippen LogP contribution is -2.16. The second-order valence-corrected chi connectivity index (χ2v) is 9.95. The van der Waals surface area contributed by atoms with E-state index >= 15 is 0 Å². The average molecular weight is 451 g/mol. The van der Waals surface area contributed by atoms with E-state index in [1.165, 1.54) is 135 Å². The highest BCUT2D eigenvalue weighted by Crippen LogP contribution is 2.21. The van der Waals surface area contributed by atoms with Crippen molar-refractivity contribution < 1.29 is 9.53 Å². The molecule has 0 rings (SSSR count). The Morgan fingerprint density at radius 3 is 1.12 bits per heavy atom. The first-order valence-electron chi connectivity index (χ1n) is 14.6. The fourth-order valence-corrected chi connectivity index (χ4v) is 4.67. The predicted octanol–water partition coefficient (Wildman–Crippen LogP) is 10.7. The maximum Gasteiger partial charge on any atom is 0.313 e. The molecule has 2 nitrogen and oxygen atoms in total. The zero-order valence-electron chi connectivity index (χ0n) is 22.1. The van der Waals surface area contributed by atoms with E-state index in [4.69, 9.17) is 4.74 Å². The second kappa shape index (κ2) is 26.5. The highest BCUT2D eigenvalue weighted by atomic mass is 16.5. The van der Waals surface area contributed by atoms with Gasteiger partial charge in [0.25, 0.3) is 0 Å². The van der Waals surface area contributed by atoms with Crippen molar-refractivity contribution in [2.75, 3.05) is 0 Å². The SMILES string of the molecule is C=COC(=O)C(CCCCCCCCCCCCC)CCCCCCCCCCCCC. The summed E-state index contributed by atoms with van der Waals surface area (Å²) < 4.78 is 5.13. The molecule has 0 radical (unpaired) electrons. The Hall–Kier alpha value is -0.790. The van der Waals surface area contributed by atoms with Crippen LogP contribution in [0.4, 0.5) is 0 Å². The number of ether oxygens (including phenoxy) is 1. The summed E-state index contributed by atoms with van der Waals surface area (Å²) in [5.74, 6) is 0.0179. The van der Waals surface area contributed by atoms with Crippen LogP contribution in [0.3, 0.4) is 0 Å². The van der Waals surface area contributed by atoms with Crippen LogP contribution < -0.4 is 0 Å². The van der Waals surface area contributed by atoms with Crippen molar-refractivity contribution >= 4 is 5.97 Å². The van der Waals surface area contributed by atoms with Crippen LogP contribution in [0.15, 0.2) is 12.8 Å². The van der Waals surface area contributed by atoms with E-state index in [0.717, 1.165) is 25.7 Å². The van der Waals surface area contributed by atoms with E-state index < -0.39 is 0 Å². The van der Waals surface area contributed by atoms with Gasteiger partial charge in [-0.15, -0.1) is 0 Å². The lowest BCUT2D eigenvalue weighted by atomic mass is 9.94. The first-order chi connectivity index (χ1) is 15.8. The van der Waals surface area contributed by atoms with Crippen molar-refractivity contribution in [3.63, 3.8) is 0 Å². The second-order valence-electron chi connectivity index (χ2n) is 9.95. The molecule has 0 spiro atoms. The predicted molar refractivity (Wildman–Crippen MR) is 142 cm³/mol. The van der Waals surface area contributed by atoms with Crippen LogP contribution in [0.2, 0.25) is 0 Å². The van der Waals surface area contributed by atoms with E-state index in [1.807, 2.05) is 0 Å². The summed E-state index contributed by atoms with van der Waals surface area (Å²) >= 11 is 0. The maximum absolute atomic E-state index is 12.3. The van der Waals surface area contributed by atoms with Crippen molar-refractivity contribution in [1.29, 1.82) is 0 Å². The van der Waals surface area contributed by atoms with Gasteiger partial charge >= 0.3 is 5.97 Å². The molecule has 0 aromatic carbocycles. The molecule has 0 amide bonds. The number of esters is 1. The Morgan fingerprint density at radius 1 is 0.562 bits per heavy atom. The van der Waals surface area contributed by atoms with Crippen molar-refractivity contribution in [2.24, 2.45) is 5.92 Å². The van der Waals surface area contributed by atoms with Gasteiger partial charge in [-0.05, 0) is 12.8 Å². The lowest BCUT2D eigenvalue weighted by molar-refractivity contribution is -0.143. The summed E-state index contributed by atoms with van der Waals surface area (Å²) in [6, 6.07) is 0. The fraction of sp³-hybridized carbons (Fsp3) is 0.900. The summed E-state index contributed by atoms with van der Waals surface area (Å²) in [4.78, 5) is 12.3. The molecule has 0 heterocycles. The van der Waals surface area contributed by atoms with Gasteiger partial charge in [0.15, 0.2) is 0 Å². The molecule has 0 aliphatic heterocycles. The van der Waals surface area contributed by atoms with Gasteiger partial charge in [-0.25, -0.2) is 0 Å². The Labute approximate surface area is 202 Å². The number of hydrogen-bond acceptors (Lipinski definition) is 2. The molecule has 0 aromatic rings. The molecule has 0 saturated carbocycles. The van der Waals surface area contributed by atoms with Gasteiger partial charge in [0, 0.05) is 0 Å². The summed E-state index contributed by atoms with van der Waals surface area (Å²) in [5, 5.41) is 0. The normalized spacial score (nSPS) is 11.2. The van der Waals surface area contributed by atoms with Gasteiger partial charge in [0.1, 0.15) is 0 Å². The topological polar surface area (TPSA) is 26.3 Å². The Kier molecular flexibility index (Phi) is 25.8. The van der Waals surface area contributed by atoms with Crippen LogP contribution in [0, 0.1) is 5.92 Å². The lowest BCUT2D eigenvalue weighted by Gasteiger charge is -2.14. The van der Waals surface area contributed by atoms with Crippen LogP contribution in [0.1, 0.15) is 168 Å². The van der Waals surface area contributed by atoms with Crippen LogP contribution in [0.5, 0.6) is 0 Å². The maximum atomic E-state index is 12.3.